The van der Waals surface area contributed by atoms with E-state index < -0.39 is 0 Å². The molecule has 0 saturated carbocycles. The first kappa shape index (κ1) is 8.05. The van der Waals surface area contributed by atoms with Gasteiger partial charge in [0.1, 0.15) is 0 Å². The number of aromatic nitrogens is 1. The Morgan fingerprint density at radius 3 is 2.77 bits per heavy atom. The number of nitrogens with one attached hydrogen (secondary N) is 1. The molecular weight excluding hydrogens is 160 g/mol. The molecule has 13 heavy (non-hydrogen) atoms. The number of nitrogens with zero attached hydrogens (tertiary/aromatic N) is 1. The van der Waals surface area contributed by atoms with E-state index in [0.717, 1.165) is 11.4 Å². The summed E-state index contributed by atoms with van der Waals surface area (Å²) in [5.74, 6) is 0. The second kappa shape index (κ2) is 3.05. The summed E-state index contributed by atoms with van der Waals surface area (Å²) in [4.78, 5) is 7.45. The zero-order valence-corrected chi connectivity index (χ0v) is 7.83. The van der Waals surface area contributed by atoms with Gasteiger partial charge in [0.05, 0.1) is 11.4 Å². The van der Waals surface area contributed by atoms with Gasteiger partial charge in [0.25, 0.3) is 0 Å². The smallest absolute Gasteiger partial charge is 0.0602 e. The molecule has 0 aliphatic carbocycles. The Morgan fingerprint density at radius 1 is 1.31 bits per heavy atom. The molecule has 0 unspecified atom stereocenters. The summed E-state index contributed by atoms with van der Waals surface area (Å²) >= 11 is 0. The Labute approximate surface area is 77.3 Å². The molecule has 2 nitrogen and oxygen atoms in total. The van der Waals surface area contributed by atoms with Crippen molar-refractivity contribution in [3.8, 4) is 0 Å². The van der Waals surface area contributed by atoms with E-state index in [2.05, 4.69) is 28.2 Å². The van der Waals surface area contributed by atoms with Gasteiger partial charge in [-0.15, -0.1) is 0 Å². The topological polar surface area (TPSA) is 28.1 Å². The van der Waals surface area contributed by atoms with E-state index in [0.29, 0.717) is 0 Å². The summed E-state index contributed by atoms with van der Waals surface area (Å²) in [5, 5.41) is 1.24. The van der Waals surface area contributed by atoms with E-state index in [1.54, 1.807) is 7.05 Å². The Bertz CT molecular complexity index is 419. The van der Waals surface area contributed by atoms with Crippen LogP contribution >= 0.6 is 0 Å². The summed E-state index contributed by atoms with van der Waals surface area (Å²) < 4.78 is 0. The highest BCUT2D eigenvalue weighted by molar-refractivity contribution is 6.01. The van der Waals surface area contributed by atoms with Crippen molar-refractivity contribution in [1.29, 1.82) is 0 Å². The van der Waals surface area contributed by atoms with Crippen LogP contribution in [0.25, 0.3) is 10.9 Å². The molecule has 0 amide bonds. The standard InChI is InChI=1S/C11H12N2/c1-8(12-2)11-7-9-5-3-4-6-10(9)13-11/h3-7,13H,1-2H3. The monoisotopic (exact) mass is 172 g/mol. The van der Waals surface area contributed by atoms with Crippen LogP contribution in [0.4, 0.5) is 0 Å². The molecule has 0 aliphatic heterocycles. The number of aromatic amines is 1. The fourth-order valence-electron chi connectivity index (χ4n) is 1.39. The van der Waals surface area contributed by atoms with Crippen LogP contribution in [0.2, 0.25) is 0 Å². The maximum Gasteiger partial charge on any atom is 0.0602 e. The highest BCUT2D eigenvalue weighted by Gasteiger charge is 2.00. The van der Waals surface area contributed by atoms with E-state index in [4.69, 9.17) is 0 Å². The summed E-state index contributed by atoms with van der Waals surface area (Å²) in [6.07, 6.45) is 0. The van der Waals surface area contributed by atoms with Gasteiger partial charge in [-0.05, 0) is 19.1 Å². The first-order chi connectivity index (χ1) is 6.31. The summed E-state index contributed by atoms with van der Waals surface area (Å²) in [6.45, 7) is 2.00. The largest absolute Gasteiger partial charge is 0.354 e. The van der Waals surface area contributed by atoms with Gasteiger partial charge in [0.15, 0.2) is 0 Å². The molecule has 1 heterocycles. The third kappa shape index (κ3) is 1.35. The van der Waals surface area contributed by atoms with Crippen LogP contribution in [-0.2, 0) is 0 Å². The number of fused-ring (bicyclic) bond motifs is 1. The summed E-state index contributed by atoms with van der Waals surface area (Å²) in [6, 6.07) is 10.4. The highest BCUT2D eigenvalue weighted by atomic mass is 14.8. The lowest BCUT2D eigenvalue weighted by Gasteiger charge is -1.91. The van der Waals surface area contributed by atoms with Crippen LogP contribution in [0.3, 0.4) is 0 Å². The second-order valence-corrected chi connectivity index (χ2v) is 3.08. The minimum atomic E-state index is 1.04. The number of hydrogen-bond acceptors (Lipinski definition) is 1. The lowest BCUT2D eigenvalue weighted by Crippen LogP contribution is -1.92. The minimum Gasteiger partial charge on any atom is -0.354 e. The third-order valence-electron chi connectivity index (χ3n) is 2.26. The van der Waals surface area contributed by atoms with Gasteiger partial charge in [0.2, 0.25) is 0 Å². The van der Waals surface area contributed by atoms with Crippen molar-refractivity contribution in [2.45, 2.75) is 6.92 Å². The van der Waals surface area contributed by atoms with E-state index in [1.165, 1.54) is 10.9 Å². The van der Waals surface area contributed by atoms with Crippen LogP contribution in [0.1, 0.15) is 12.6 Å². The Balaban J connectivity index is 2.62. The normalized spacial score (nSPS) is 12.3. The Kier molecular flexibility index (Phi) is 1.89. The molecule has 0 radical (unpaired) electrons. The fraction of sp³-hybridized carbons (Fsp3) is 0.182. The van der Waals surface area contributed by atoms with E-state index in [9.17, 15) is 0 Å². The van der Waals surface area contributed by atoms with Crippen molar-refractivity contribution in [3.05, 3.63) is 36.0 Å². The molecule has 2 rings (SSSR count). The Hall–Kier alpha value is -1.57. The van der Waals surface area contributed by atoms with Crippen LogP contribution in [0.15, 0.2) is 35.3 Å². The molecule has 1 aromatic carbocycles. The van der Waals surface area contributed by atoms with Crippen LogP contribution in [0.5, 0.6) is 0 Å². The lowest BCUT2D eigenvalue weighted by molar-refractivity contribution is 1.35. The van der Waals surface area contributed by atoms with Crippen molar-refractivity contribution in [2.24, 2.45) is 4.99 Å². The molecular formula is C11H12N2. The number of hydrogen-bond donors (Lipinski definition) is 1. The molecule has 0 atom stereocenters. The van der Waals surface area contributed by atoms with E-state index >= 15 is 0 Å². The zero-order valence-electron chi connectivity index (χ0n) is 7.83. The van der Waals surface area contributed by atoms with Crippen molar-refractivity contribution < 1.29 is 0 Å². The molecule has 0 saturated heterocycles. The second-order valence-electron chi connectivity index (χ2n) is 3.08. The molecule has 0 aliphatic rings. The molecule has 2 heteroatoms. The first-order valence-electron chi connectivity index (χ1n) is 4.33. The summed E-state index contributed by atoms with van der Waals surface area (Å²) in [7, 11) is 1.81. The predicted molar refractivity (Wildman–Crippen MR) is 56.4 cm³/mol. The summed E-state index contributed by atoms with van der Waals surface area (Å²) in [5.41, 5.74) is 3.31. The molecule has 2 aromatic rings. The van der Waals surface area contributed by atoms with Crippen molar-refractivity contribution in [3.63, 3.8) is 0 Å². The molecule has 0 bridgehead atoms. The SMILES string of the molecule is CN=C(C)c1cc2ccccc2[nH]1. The number of benzene rings is 1. The molecule has 66 valence electrons. The van der Waals surface area contributed by atoms with Gasteiger partial charge in [-0.25, -0.2) is 0 Å². The maximum atomic E-state index is 4.14. The van der Waals surface area contributed by atoms with Gasteiger partial charge in [0, 0.05) is 18.0 Å². The third-order valence-corrected chi connectivity index (χ3v) is 2.26. The fourth-order valence-corrected chi connectivity index (χ4v) is 1.39. The molecule has 0 spiro atoms. The van der Waals surface area contributed by atoms with Crippen LogP contribution in [0, 0.1) is 0 Å². The number of rotatable bonds is 1. The number of H-pyrrole nitrogens is 1. The van der Waals surface area contributed by atoms with Crippen LogP contribution in [-0.4, -0.2) is 17.7 Å². The minimum absolute atomic E-state index is 1.04. The van der Waals surface area contributed by atoms with Crippen molar-refractivity contribution in [1.82, 2.24) is 4.98 Å². The van der Waals surface area contributed by atoms with Gasteiger partial charge < -0.3 is 4.98 Å². The molecule has 1 aromatic heterocycles. The average molecular weight is 172 g/mol. The maximum absolute atomic E-state index is 4.14. The van der Waals surface area contributed by atoms with Crippen LogP contribution < -0.4 is 0 Å². The average Bonchev–Trinajstić information content (AvgIpc) is 2.59. The van der Waals surface area contributed by atoms with E-state index in [1.807, 2.05) is 19.1 Å². The van der Waals surface area contributed by atoms with Gasteiger partial charge in [-0.2, -0.15) is 0 Å². The van der Waals surface area contributed by atoms with E-state index in [-0.39, 0.29) is 0 Å². The van der Waals surface area contributed by atoms with Gasteiger partial charge in [-0.1, -0.05) is 18.2 Å². The number of para-hydroxylation sites is 1. The lowest BCUT2D eigenvalue weighted by atomic mass is 10.2. The first-order valence-corrected chi connectivity index (χ1v) is 4.33. The Morgan fingerprint density at radius 2 is 2.08 bits per heavy atom. The van der Waals surface area contributed by atoms with Gasteiger partial charge in [-0.3, -0.25) is 4.99 Å². The number of aliphatic imine (C=N–C) groups is 1. The van der Waals surface area contributed by atoms with Crippen molar-refractivity contribution in [2.75, 3.05) is 7.05 Å². The van der Waals surface area contributed by atoms with Crippen molar-refractivity contribution >= 4 is 16.6 Å². The zero-order chi connectivity index (χ0) is 9.26. The predicted octanol–water partition coefficient (Wildman–Crippen LogP) is 2.61. The molecule has 1 N–H and O–H groups in total. The quantitative estimate of drug-likeness (QED) is 0.640. The van der Waals surface area contributed by atoms with Gasteiger partial charge >= 0.3 is 0 Å². The highest BCUT2D eigenvalue weighted by Crippen LogP contribution is 2.14. The molecule has 0 fully saturated rings.